The van der Waals surface area contributed by atoms with Crippen molar-refractivity contribution in [3.05, 3.63) is 59.2 Å². The van der Waals surface area contributed by atoms with Crippen LogP contribution in [-0.4, -0.2) is 32.9 Å². The molecule has 1 aliphatic heterocycles. The van der Waals surface area contributed by atoms with Crippen molar-refractivity contribution in [3.8, 4) is 0 Å². The van der Waals surface area contributed by atoms with Crippen LogP contribution in [0.4, 0.5) is 11.4 Å². The van der Waals surface area contributed by atoms with Crippen molar-refractivity contribution in [1.82, 2.24) is 0 Å². The number of ketones is 1. The first-order valence-corrected chi connectivity index (χ1v) is 9.64. The second-order valence-corrected chi connectivity index (χ2v) is 7.89. The zero-order chi connectivity index (χ0) is 18.2. The molecule has 1 N–H and O–H groups in total. The van der Waals surface area contributed by atoms with Gasteiger partial charge in [-0.2, -0.15) is 0 Å². The fourth-order valence-electron chi connectivity index (χ4n) is 2.95. The lowest BCUT2D eigenvalue weighted by molar-refractivity contribution is 0.101. The Morgan fingerprint density at radius 3 is 2.52 bits per heavy atom. The van der Waals surface area contributed by atoms with Gasteiger partial charge in [-0.25, -0.2) is 8.42 Å². The van der Waals surface area contributed by atoms with Gasteiger partial charge < -0.3 is 5.32 Å². The summed E-state index contributed by atoms with van der Waals surface area (Å²) in [5, 5.41) is 2.75. The summed E-state index contributed by atoms with van der Waals surface area (Å²) < 4.78 is 24.9. The molecule has 0 saturated heterocycles. The Balaban J connectivity index is 1.87. The number of fused-ring (bicyclic) bond motifs is 1. The molecule has 0 fully saturated rings. The highest BCUT2D eigenvalue weighted by Crippen LogP contribution is 2.31. The number of nitrogens with one attached hydrogen (secondary N) is 1. The largest absolute Gasteiger partial charge is 0.321 e. The van der Waals surface area contributed by atoms with Crippen molar-refractivity contribution in [2.24, 2.45) is 0 Å². The number of para-hydroxylation sites is 1. The van der Waals surface area contributed by atoms with Crippen molar-refractivity contribution in [1.29, 1.82) is 0 Å². The van der Waals surface area contributed by atoms with Crippen LogP contribution >= 0.6 is 0 Å². The van der Waals surface area contributed by atoms with E-state index in [1.54, 1.807) is 42.5 Å². The van der Waals surface area contributed by atoms with Crippen molar-refractivity contribution in [3.63, 3.8) is 0 Å². The maximum atomic E-state index is 12.5. The van der Waals surface area contributed by atoms with Gasteiger partial charge in [0.05, 0.1) is 17.6 Å². The van der Waals surface area contributed by atoms with E-state index in [-0.39, 0.29) is 11.7 Å². The summed E-state index contributed by atoms with van der Waals surface area (Å²) in [4.78, 5) is 24.2. The van der Waals surface area contributed by atoms with E-state index >= 15 is 0 Å². The van der Waals surface area contributed by atoms with E-state index in [1.165, 1.54) is 17.5 Å². The van der Waals surface area contributed by atoms with Crippen molar-refractivity contribution in [2.75, 3.05) is 22.4 Å². The molecule has 7 heteroatoms. The number of carbonyl (C=O) groups excluding carboxylic acids is 2. The molecule has 1 aliphatic rings. The molecule has 0 unspecified atom stereocenters. The van der Waals surface area contributed by atoms with E-state index in [1.807, 2.05) is 0 Å². The summed E-state index contributed by atoms with van der Waals surface area (Å²) in [5.41, 5.74) is 2.76. The topological polar surface area (TPSA) is 83.6 Å². The molecule has 0 aromatic heterocycles. The Morgan fingerprint density at radius 2 is 1.84 bits per heavy atom. The van der Waals surface area contributed by atoms with Crippen molar-refractivity contribution < 1.29 is 18.0 Å². The minimum atomic E-state index is -3.32. The fourth-order valence-corrected chi connectivity index (χ4v) is 3.91. The number of anilines is 2. The second-order valence-electron chi connectivity index (χ2n) is 5.98. The highest BCUT2D eigenvalue weighted by molar-refractivity contribution is 7.92. The van der Waals surface area contributed by atoms with E-state index in [0.29, 0.717) is 35.5 Å². The van der Waals surface area contributed by atoms with Crippen LogP contribution in [0.25, 0.3) is 0 Å². The lowest BCUT2D eigenvalue weighted by atomic mass is 10.1. The first-order valence-electron chi connectivity index (χ1n) is 7.79. The van der Waals surface area contributed by atoms with Crippen molar-refractivity contribution in [2.45, 2.75) is 13.3 Å². The third-order valence-corrected chi connectivity index (χ3v) is 5.33. The predicted molar refractivity (Wildman–Crippen MR) is 96.7 cm³/mol. The van der Waals surface area contributed by atoms with Gasteiger partial charge in [0.2, 0.25) is 10.0 Å². The Labute approximate surface area is 146 Å². The van der Waals surface area contributed by atoms with E-state index in [4.69, 9.17) is 0 Å². The SMILES string of the molecule is CC(=O)c1ccccc1NC(=O)c1ccc2c(c1)CCN2S(C)(=O)=O. The molecule has 0 atom stereocenters. The molecule has 0 radical (unpaired) electrons. The van der Waals surface area contributed by atoms with Crippen LogP contribution < -0.4 is 9.62 Å². The van der Waals surface area contributed by atoms with Gasteiger partial charge in [-0.1, -0.05) is 12.1 Å². The minimum absolute atomic E-state index is 0.131. The summed E-state index contributed by atoms with van der Waals surface area (Å²) >= 11 is 0. The molecule has 1 heterocycles. The molecule has 0 spiro atoms. The summed E-state index contributed by atoms with van der Waals surface area (Å²) in [5.74, 6) is -0.469. The molecule has 2 aromatic carbocycles. The fraction of sp³-hybridized carbons (Fsp3) is 0.222. The van der Waals surface area contributed by atoms with Crippen LogP contribution in [0.3, 0.4) is 0 Å². The average Bonchev–Trinajstić information content (AvgIpc) is 2.98. The average molecular weight is 358 g/mol. The second kappa shape index (κ2) is 6.33. The summed E-state index contributed by atoms with van der Waals surface area (Å²) in [6.07, 6.45) is 1.73. The van der Waals surface area contributed by atoms with E-state index < -0.39 is 10.0 Å². The van der Waals surface area contributed by atoms with Crippen LogP contribution in [0.15, 0.2) is 42.5 Å². The maximum Gasteiger partial charge on any atom is 0.255 e. The number of amides is 1. The number of hydrogen-bond donors (Lipinski definition) is 1. The van der Waals surface area contributed by atoms with Crippen LogP contribution in [0.5, 0.6) is 0 Å². The molecule has 3 rings (SSSR count). The maximum absolute atomic E-state index is 12.5. The summed E-state index contributed by atoms with van der Waals surface area (Å²) in [7, 11) is -3.32. The number of benzene rings is 2. The third kappa shape index (κ3) is 3.41. The molecular weight excluding hydrogens is 340 g/mol. The highest BCUT2D eigenvalue weighted by atomic mass is 32.2. The van der Waals surface area contributed by atoms with Crippen LogP contribution in [0.2, 0.25) is 0 Å². The number of rotatable bonds is 4. The quantitative estimate of drug-likeness (QED) is 0.851. The molecule has 0 bridgehead atoms. The van der Waals surface area contributed by atoms with Gasteiger partial charge in [-0.3, -0.25) is 13.9 Å². The predicted octanol–water partition coefficient (Wildman–Crippen LogP) is 2.46. The summed E-state index contributed by atoms with van der Waals surface area (Å²) in [6.45, 7) is 1.83. The van der Waals surface area contributed by atoms with E-state index in [9.17, 15) is 18.0 Å². The molecular formula is C18H18N2O4S. The van der Waals surface area contributed by atoms with Crippen LogP contribution in [0, 0.1) is 0 Å². The third-order valence-electron chi connectivity index (χ3n) is 4.15. The zero-order valence-corrected chi connectivity index (χ0v) is 14.8. The molecule has 0 saturated carbocycles. The molecule has 25 heavy (non-hydrogen) atoms. The van der Waals surface area contributed by atoms with Gasteiger partial charge in [0.1, 0.15) is 0 Å². The lowest BCUT2D eigenvalue weighted by Gasteiger charge is -2.16. The number of hydrogen-bond acceptors (Lipinski definition) is 4. The Kier molecular flexibility index (Phi) is 4.34. The van der Waals surface area contributed by atoms with Gasteiger partial charge in [0.25, 0.3) is 5.91 Å². The lowest BCUT2D eigenvalue weighted by Crippen LogP contribution is -2.27. The van der Waals surface area contributed by atoms with Gasteiger partial charge in [-0.05, 0) is 49.2 Å². The van der Waals surface area contributed by atoms with Crippen LogP contribution in [-0.2, 0) is 16.4 Å². The Morgan fingerprint density at radius 1 is 1.12 bits per heavy atom. The molecule has 2 aromatic rings. The van der Waals surface area contributed by atoms with E-state index in [0.717, 1.165) is 5.56 Å². The van der Waals surface area contributed by atoms with E-state index in [2.05, 4.69) is 5.32 Å². The van der Waals surface area contributed by atoms with Crippen LogP contribution in [0.1, 0.15) is 33.2 Å². The number of carbonyl (C=O) groups is 2. The highest BCUT2D eigenvalue weighted by Gasteiger charge is 2.26. The van der Waals surface area contributed by atoms with Gasteiger partial charge in [0.15, 0.2) is 5.78 Å². The van der Waals surface area contributed by atoms with Gasteiger partial charge >= 0.3 is 0 Å². The first kappa shape index (κ1) is 17.2. The normalized spacial score (nSPS) is 13.4. The monoisotopic (exact) mass is 358 g/mol. The standard InChI is InChI=1S/C18H18N2O4S/c1-12(21)15-5-3-4-6-16(15)19-18(22)14-7-8-17-13(11-14)9-10-20(17)25(2,23)24/h3-8,11H,9-10H2,1-2H3,(H,19,22). The number of nitrogens with zero attached hydrogens (tertiary/aromatic N) is 1. The zero-order valence-electron chi connectivity index (χ0n) is 13.9. The molecule has 1 amide bonds. The molecule has 0 aliphatic carbocycles. The number of sulfonamides is 1. The Bertz CT molecular complexity index is 967. The van der Waals surface area contributed by atoms with Gasteiger partial charge in [-0.15, -0.1) is 0 Å². The number of Topliss-reactive ketones (excluding diaryl/α,β-unsaturated/α-hetero) is 1. The summed E-state index contributed by atoms with van der Waals surface area (Å²) in [6, 6.07) is 11.8. The first-order chi connectivity index (χ1) is 11.8. The van der Waals surface area contributed by atoms with Crippen molar-refractivity contribution >= 4 is 33.1 Å². The smallest absolute Gasteiger partial charge is 0.255 e. The molecule has 130 valence electrons. The molecule has 6 nitrogen and oxygen atoms in total. The Hall–Kier alpha value is -2.67. The minimum Gasteiger partial charge on any atom is -0.321 e. The van der Waals surface area contributed by atoms with Gasteiger partial charge in [0, 0.05) is 17.7 Å².